The number of hydrogen-bond donors (Lipinski definition) is 3. The van der Waals surface area contributed by atoms with Crippen LogP contribution < -0.4 is 10.6 Å². The zero-order valence-electron chi connectivity index (χ0n) is 10.1. The van der Waals surface area contributed by atoms with Crippen LogP contribution in [0.25, 0.3) is 0 Å². The molecule has 2 aliphatic rings. The maximum Gasteiger partial charge on any atom is 0.326 e. The van der Waals surface area contributed by atoms with Crippen molar-refractivity contribution in [3.05, 3.63) is 0 Å². The van der Waals surface area contributed by atoms with E-state index in [1.807, 2.05) is 0 Å². The predicted molar refractivity (Wildman–Crippen MR) is 66.1 cm³/mol. The van der Waals surface area contributed by atoms with Crippen LogP contribution in [-0.2, 0) is 14.4 Å². The van der Waals surface area contributed by atoms with E-state index in [0.29, 0.717) is 6.42 Å². The molecular formula is C11H14N4O4. The van der Waals surface area contributed by atoms with Gasteiger partial charge in [-0.2, -0.15) is 0 Å². The van der Waals surface area contributed by atoms with Crippen molar-refractivity contribution in [1.29, 1.82) is 0 Å². The lowest BCUT2D eigenvalue weighted by atomic mass is 10.1. The molecule has 2 rings (SSSR count). The van der Waals surface area contributed by atoms with Gasteiger partial charge in [0.2, 0.25) is 11.8 Å². The monoisotopic (exact) mass is 266 g/mol. The molecule has 2 aliphatic heterocycles. The molecule has 2 amide bonds. The Morgan fingerprint density at radius 3 is 2.89 bits per heavy atom. The highest BCUT2D eigenvalue weighted by molar-refractivity contribution is 5.93. The maximum atomic E-state index is 11.8. The number of aliphatic imine (C=N–C) groups is 2. The summed E-state index contributed by atoms with van der Waals surface area (Å²) in [5.74, 6) is -1.80. The minimum Gasteiger partial charge on any atom is -0.480 e. The molecule has 1 fully saturated rings. The first-order chi connectivity index (χ1) is 9.06. The first-order valence-electron chi connectivity index (χ1n) is 5.94. The van der Waals surface area contributed by atoms with Crippen LogP contribution in [0.4, 0.5) is 0 Å². The highest BCUT2D eigenvalue weighted by Crippen LogP contribution is 2.09. The van der Waals surface area contributed by atoms with Gasteiger partial charge in [0.05, 0.1) is 6.04 Å². The molecule has 8 nitrogen and oxygen atoms in total. The largest absolute Gasteiger partial charge is 0.480 e. The number of carboxylic acids is 1. The van der Waals surface area contributed by atoms with Crippen molar-refractivity contribution in [2.75, 3.05) is 0 Å². The van der Waals surface area contributed by atoms with Gasteiger partial charge in [-0.1, -0.05) is 0 Å². The van der Waals surface area contributed by atoms with Crippen molar-refractivity contribution >= 4 is 30.3 Å². The number of carbonyl (C=O) groups is 3. The quantitative estimate of drug-likeness (QED) is 0.573. The summed E-state index contributed by atoms with van der Waals surface area (Å²) < 4.78 is 0. The SMILES string of the molecule is O=C1CC[C@@H](C(=O)N[C@H](C[C@H]2C=NC=N2)C(=O)O)N1. The summed E-state index contributed by atoms with van der Waals surface area (Å²) in [6.45, 7) is 0. The van der Waals surface area contributed by atoms with Crippen molar-refractivity contribution in [3.63, 3.8) is 0 Å². The Labute approximate surface area is 109 Å². The number of hydrogen-bond acceptors (Lipinski definition) is 5. The molecule has 0 bridgehead atoms. The Morgan fingerprint density at radius 2 is 2.37 bits per heavy atom. The summed E-state index contributed by atoms with van der Waals surface area (Å²) in [6.07, 6.45) is 3.69. The second-order valence-corrected chi connectivity index (χ2v) is 4.42. The van der Waals surface area contributed by atoms with Crippen molar-refractivity contribution in [2.24, 2.45) is 9.98 Å². The average Bonchev–Trinajstić information content (AvgIpc) is 2.99. The molecule has 2 heterocycles. The number of rotatable bonds is 5. The number of nitrogens with one attached hydrogen (secondary N) is 2. The van der Waals surface area contributed by atoms with Crippen LogP contribution in [0.3, 0.4) is 0 Å². The minimum absolute atomic E-state index is 0.141. The molecule has 19 heavy (non-hydrogen) atoms. The molecule has 3 atom stereocenters. The topological polar surface area (TPSA) is 120 Å². The highest BCUT2D eigenvalue weighted by atomic mass is 16.4. The molecular weight excluding hydrogens is 252 g/mol. The standard InChI is InChI=1S/C11H14N4O4/c16-9-2-1-7(14-9)10(17)15-8(11(18)19)3-6-4-12-5-13-6/h4-8H,1-3H2,(H,14,16)(H,15,17)(H,18,19)/t6-,7-,8+/m0/s1. The zero-order chi connectivity index (χ0) is 13.8. The lowest BCUT2D eigenvalue weighted by molar-refractivity contribution is -0.142. The zero-order valence-corrected chi connectivity index (χ0v) is 10.1. The number of carbonyl (C=O) groups excluding carboxylic acids is 2. The second-order valence-electron chi connectivity index (χ2n) is 4.42. The lowest BCUT2D eigenvalue weighted by Crippen LogP contribution is -2.49. The van der Waals surface area contributed by atoms with Crippen molar-refractivity contribution in [1.82, 2.24) is 10.6 Å². The molecule has 0 saturated carbocycles. The van der Waals surface area contributed by atoms with Crippen LogP contribution in [0, 0.1) is 0 Å². The summed E-state index contributed by atoms with van der Waals surface area (Å²) in [7, 11) is 0. The van der Waals surface area contributed by atoms with E-state index in [9.17, 15) is 14.4 Å². The van der Waals surface area contributed by atoms with Gasteiger partial charge in [-0.15, -0.1) is 0 Å². The first kappa shape index (κ1) is 13.2. The van der Waals surface area contributed by atoms with Gasteiger partial charge in [0.25, 0.3) is 0 Å². The number of carboxylic acid groups (broad SMARTS) is 1. The van der Waals surface area contributed by atoms with Gasteiger partial charge < -0.3 is 15.7 Å². The van der Waals surface area contributed by atoms with Crippen LogP contribution in [0.15, 0.2) is 9.98 Å². The van der Waals surface area contributed by atoms with Crippen LogP contribution in [0.1, 0.15) is 19.3 Å². The number of amides is 2. The normalized spacial score (nSPS) is 26.2. The van der Waals surface area contributed by atoms with Gasteiger partial charge in [-0.05, 0) is 6.42 Å². The molecule has 0 unspecified atom stereocenters. The molecule has 3 N–H and O–H groups in total. The highest BCUT2D eigenvalue weighted by Gasteiger charge is 2.31. The van der Waals surface area contributed by atoms with Gasteiger partial charge in [-0.25, -0.2) is 9.79 Å². The second kappa shape index (κ2) is 5.59. The Bertz CT molecular complexity index is 448. The summed E-state index contributed by atoms with van der Waals surface area (Å²) in [4.78, 5) is 41.6. The fraction of sp³-hybridized carbons (Fsp3) is 0.545. The summed E-state index contributed by atoms with van der Waals surface area (Å²) >= 11 is 0. The molecule has 0 radical (unpaired) electrons. The molecule has 0 aliphatic carbocycles. The molecule has 102 valence electrons. The molecule has 1 saturated heterocycles. The van der Waals surface area contributed by atoms with E-state index in [1.54, 1.807) is 0 Å². The van der Waals surface area contributed by atoms with E-state index in [-0.39, 0.29) is 24.8 Å². The van der Waals surface area contributed by atoms with E-state index < -0.39 is 24.0 Å². The van der Waals surface area contributed by atoms with Gasteiger partial charge in [-0.3, -0.25) is 14.6 Å². The Hall–Kier alpha value is -2.25. The summed E-state index contributed by atoms with van der Waals surface area (Å²) in [5.41, 5.74) is 0. The van der Waals surface area contributed by atoms with Crippen molar-refractivity contribution < 1.29 is 19.5 Å². The first-order valence-corrected chi connectivity index (χ1v) is 5.94. The van der Waals surface area contributed by atoms with E-state index in [2.05, 4.69) is 20.6 Å². The third-order valence-corrected chi connectivity index (χ3v) is 2.99. The van der Waals surface area contributed by atoms with Crippen LogP contribution in [-0.4, -0.2) is 53.6 Å². The minimum atomic E-state index is -1.13. The number of aliphatic carboxylic acids is 1. The Kier molecular flexibility index (Phi) is 3.88. The van der Waals surface area contributed by atoms with E-state index in [0.717, 1.165) is 0 Å². The molecule has 0 spiro atoms. The predicted octanol–water partition coefficient (Wildman–Crippen LogP) is -1.29. The van der Waals surface area contributed by atoms with E-state index >= 15 is 0 Å². The lowest BCUT2D eigenvalue weighted by Gasteiger charge is -2.18. The maximum absolute atomic E-state index is 11.8. The Morgan fingerprint density at radius 1 is 1.58 bits per heavy atom. The molecule has 0 aromatic rings. The van der Waals surface area contributed by atoms with Gasteiger partial charge >= 0.3 is 5.97 Å². The fourth-order valence-electron chi connectivity index (χ4n) is 1.97. The van der Waals surface area contributed by atoms with E-state index in [4.69, 9.17) is 5.11 Å². The molecule has 8 heteroatoms. The van der Waals surface area contributed by atoms with Crippen LogP contribution >= 0.6 is 0 Å². The smallest absolute Gasteiger partial charge is 0.326 e. The van der Waals surface area contributed by atoms with Gasteiger partial charge in [0.15, 0.2) is 0 Å². The Balaban J connectivity index is 1.90. The summed E-state index contributed by atoms with van der Waals surface area (Å²) in [6, 6.07) is -2.02. The van der Waals surface area contributed by atoms with Crippen molar-refractivity contribution in [2.45, 2.75) is 37.4 Å². The summed E-state index contributed by atoms with van der Waals surface area (Å²) in [5, 5.41) is 14.0. The fourth-order valence-corrected chi connectivity index (χ4v) is 1.97. The molecule has 0 aromatic carbocycles. The van der Waals surface area contributed by atoms with Gasteiger partial charge in [0.1, 0.15) is 18.4 Å². The van der Waals surface area contributed by atoms with Crippen molar-refractivity contribution in [3.8, 4) is 0 Å². The van der Waals surface area contributed by atoms with Crippen LogP contribution in [0.2, 0.25) is 0 Å². The third kappa shape index (κ3) is 3.36. The number of nitrogens with zero attached hydrogens (tertiary/aromatic N) is 2. The van der Waals surface area contributed by atoms with E-state index in [1.165, 1.54) is 12.6 Å². The molecule has 0 aromatic heterocycles. The average molecular weight is 266 g/mol. The van der Waals surface area contributed by atoms with Crippen LogP contribution in [0.5, 0.6) is 0 Å². The third-order valence-electron chi connectivity index (χ3n) is 2.99. The van der Waals surface area contributed by atoms with Gasteiger partial charge in [0, 0.05) is 19.1 Å².